The zero-order valence-corrected chi connectivity index (χ0v) is 16.6. The number of aromatic nitrogens is 3. The number of terminal acetylenes is 1. The fraction of sp³-hybridized carbons (Fsp3) is 0.0800. The van der Waals surface area contributed by atoms with Gasteiger partial charge in [0.05, 0.1) is 11.1 Å². The molecule has 0 saturated carbocycles. The van der Waals surface area contributed by atoms with Gasteiger partial charge in [-0.25, -0.2) is 9.97 Å². The molecule has 0 aliphatic heterocycles. The first-order valence-electron chi connectivity index (χ1n) is 9.41. The predicted octanol–water partition coefficient (Wildman–Crippen LogP) is 4.25. The predicted molar refractivity (Wildman–Crippen MR) is 120 cm³/mol. The van der Waals surface area contributed by atoms with Crippen LogP contribution in [0.2, 0.25) is 0 Å². The van der Waals surface area contributed by atoms with Crippen molar-refractivity contribution in [2.75, 3.05) is 0 Å². The third-order valence-corrected chi connectivity index (χ3v) is 4.90. The fourth-order valence-corrected chi connectivity index (χ4v) is 3.36. The number of phenolic OH excluding ortho intramolecular Hbond substituents is 1. The summed E-state index contributed by atoms with van der Waals surface area (Å²) in [7, 11) is 0. The summed E-state index contributed by atoms with van der Waals surface area (Å²) in [4.78, 5) is 22.1. The maximum absolute atomic E-state index is 13.2. The normalized spacial score (nSPS) is 11.1. The van der Waals surface area contributed by atoms with Crippen molar-refractivity contribution < 1.29 is 5.11 Å². The standard InChI is InChI=1S/C25H19N3O2/c1-4-18-7-10-20(11-8-18)28-22(27-24-21(25(28)30)6-5-13-26-24)12-9-19-14-16(2)23(29)17(3)15-19/h1,5-15,29H,2-3H3/b12-9+. The van der Waals surface area contributed by atoms with Crippen molar-refractivity contribution in [2.24, 2.45) is 0 Å². The molecule has 0 bridgehead atoms. The monoisotopic (exact) mass is 393 g/mol. The van der Waals surface area contributed by atoms with Crippen LogP contribution in [0.3, 0.4) is 0 Å². The number of fused-ring (bicyclic) bond motifs is 1. The van der Waals surface area contributed by atoms with Gasteiger partial charge < -0.3 is 5.11 Å². The number of aryl methyl sites for hydroxylation is 2. The second-order valence-electron chi connectivity index (χ2n) is 7.01. The van der Waals surface area contributed by atoms with E-state index in [4.69, 9.17) is 6.42 Å². The Labute approximate surface area is 174 Å². The summed E-state index contributed by atoms with van der Waals surface area (Å²) in [5.41, 5.74) is 4.03. The number of pyridine rings is 1. The number of aromatic hydroxyl groups is 1. The molecule has 0 aliphatic rings. The number of benzene rings is 2. The van der Waals surface area contributed by atoms with Crippen molar-refractivity contribution in [3.8, 4) is 23.8 Å². The minimum absolute atomic E-state index is 0.209. The van der Waals surface area contributed by atoms with Gasteiger partial charge in [-0.05, 0) is 85.1 Å². The van der Waals surface area contributed by atoms with Gasteiger partial charge in [-0.3, -0.25) is 9.36 Å². The van der Waals surface area contributed by atoms with Crippen molar-refractivity contribution in [1.29, 1.82) is 0 Å². The Hall–Kier alpha value is -4.17. The van der Waals surface area contributed by atoms with Crippen molar-refractivity contribution in [3.63, 3.8) is 0 Å². The van der Waals surface area contributed by atoms with E-state index in [2.05, 4.69) is 15.9 Å². The first-order valence-corrected chi connectivity index (χ1v) is 9.41. The molecule has 0 amide bonds. The minimum atomic E-state index is -0.209. The van der Waals surface area contributed by atoms with E-state index in [0.29, 0.717) is 22.5 Å². The smallest absolute Gasteiger partial charge is 0.267 e. The molecule has 2 aromatic heterocycles. The van der Waals surface area contributed by atoms with Crippen LogP contribution in [0.5, 0.6) is 5.75 Å². The highest BCUT2D eigenvalue weighted by atomic mass is 16.3. The zero-order valence-electron chi connectivity index (χ0n) is 16.6. The molecule has 4 aromatic rings. The molecule has 5 heteroatoms. The first-order chi connectivity index (χ1) is 14.5. The summed E-state index contributed by atoms with van der Waals surface area (Å²) in [6, 6.07) is 14.4. The van der Waals surface area contributed by atoms with Gasteiger partial charge in [-0.2, -0.15) is 0 Å². The highest BCUT2D eigenvalue weighted by Gasteiger charge is 2.12. The second kappa shape index (κ2) is 7.69. The molecule has 0 fully saturated rings. The number of nitrogens with zero attached hydrogens (tertiary/aromatic N) is 3. The molecular weight excluding hydrogens is 374 g/mol. The van der Waals surface area contributed by atoms with Gasteiger partial charge >= 0.3 is 0 Å². The van der Waals surface area contributed by atoms with Crippen LogP contribution in [0.15, 0.2) is 59.5 Å². The van der Waals surface area contributed by atoms with Crippen LogP contribution in [0, 0.1) is 26.2 Å². The molecule has 146 valence electrons. The maximum Gasteiger partial charge on any atom is 0.267 e. The van der Waals surface area contributed by atoms with Gasteiger partial charge in [0, 0.05) is 11.8 Å². The van der Waals surface area contributed by atoms with Gasteiger partial charge in [0.25, 0.3) is 5.56 Å². The van der Waals surface area contributed by atoms with Crippen LogP contribution in [0.1, 0.15) is 28.1 Å². The Balaban J connectivity index is 1.91. The van der Waals surface area contributed by atoms with E-state index in [0.717, 1.165) is 22.3 Å². The zero-order chi connectivity index (χ0) is 21.3. The molecule has 0 unspecified atom stereocenters. The van der Waals surface area contributed by atoms with E-state index < -0.39 is 0 Å². The van der Waals surface area contributed by atoms with Gasteiger partial charge in [0.15, 0.2) is 5.65 Å². The average molecular weight is 393 g/mol. The molecule has 1 N–H and O–H groups in total. The van der Waals surface area contributed by atoms with E-state index in [9.17, 15) is 9.90 Å². The van der Waals surface area contributed by atoms with Crippen LogP contribution in [-0.2, 0) is 0 Å². The van der Waals surface area contributed by atoms with E-state index >= 15 is 0 Å². The molecule has 0 saturated heterocycles. The summed E-state index contributed by atoms with van der Waals surface area (Å²) >= 11 is 0. The molecule has 30 heavy (non-hydrogen) atoms. The van der Waals surface area contributed by atoms with Crippen molar-refractivity contribution >= 4 is 23.2 Å². The van der Waals surface area contributed by atoms with Crippen LogP contribution in [0.25, 0.3) is 28.9 Å². The lowest BCUT2D eigenvalue weighted by Gasteiger charge is -2.11. The summed E-state index contributed by atoms with van der Waals surface area (Å²) in [5.74, 6) is 3.31. The van der Waals surface area contributed by atoms with Gasteiger partial charge in [-0.1, -0.05) is 12.0 Å². The third-order valence-electron chi connectivity index (χ3n) is 4.90. The lowest BCUT2D eigenvalue weighted by atomic mass is 10.1. The molecule has 2 heterocycles. The highest BCUT2D eigenvalue weighted by Crippen LogP contribution is 2.24. The molecular formula is C25H19N3O2. The molecule has 0 radical (unpaired) electrons. The number of rotatable bonds is 3. The molecule has 0 atom stereocenters. The van der Waals surface area contributed by atoms with Crippen LogP contribution in [0.4, 0.5) is 0 Å². The number of phenols is 1. The molecule has 4 rings (SSSR count). The molecule has 5 nitrogen and oxygen atoms in total. The lowest BCUT2D eigenvalue weighted by Crippen LogP contribution is -2.22. The van der Waals surface area contributed by atoms with E-state index in [1.54, 1.807) is 53.2 Å². The van der Waals surface area contributed by atoms with E-state index in [1.165, 1.54) is 0 Å². The molecule has 2 aromatic carbocycles. The topological polar surface area (TPSA) is 68.0 Å². The highest BCUT2D eigenvalue weighted by molar-refractivity contribution is 5.77. The number of hydrogen-bond donors (Lipinski definition) is 1. The summed E-state index contributed by atoms with van der Waals surface area (Å²) in [6.07, 6.45) is 10.7. The van der Waals surface area contributed by atoms with Crippen molar-refractivity contribution in [2.45, 2.75) is 13.8 Å². The van der Waals surface area contributed by atoms with Crippen LogP contribution < -0.4 is 5.56 Å². The first kappa shape index (κ1) is 19.2. The van der Waals surface area contributed by atoms with E-state index in [-0.39, 0.29) is 11.3 Å². The second-order valence-corrected chi connectivity index (χ2v) is 7.01. The molecule has 0 spiro atoms. The van der Waals surface area contributed by atoms with Crippen LogP contribution >= 0.6 is 0 Å². The largest absolute Gasteiger partial charge is 0.507 e. The quantitative estimate of drug-likeness (QED) is 0.528. The van der Waals surface area contributed by atoms with Gasteiger partial charge in [0.1, 0.15) is 11.6 Å². The summed E-state index contributed by atoms with van der Waals surface area (Å²) in [5, 5.41) is 10.4. The van der Waals surface area contributed by atoms with Gasteiger partial charge in [0.2, 0.25) is 0 Å². The van der Waals surface area contributed by atoms with Crippen molar-refractivity contribution in [3.05, 3.63) is 93.2 Å². The van der Waals surface area contributed by atoms with Gasteiger partial charge in [-0.15, -0.1) is 6.42 Å². The summed E-state index contributed by atoms with van der Waals surface area (Å²) in [6.45, 7) is 3.70. The summed E-state index contributed by atoms with van der Waals surface area (Å²) < 4.78 is 1.54. The van der Waals surface area contributed by atoms with Crippen LogP contribution in [-0.4, -0.2) is 19.6 Å². The minimum Gasteiger partial charge on any atom is -0.507 e. The number of hydrogen-bond acceptors (Lipinski definition) is 4. The average Bonchev–Trinajstić information content (AvgIpc) is 2.76. The Morgan fingerprint density at radius 1 is 1.07 bits per heavy atom. The molecule has 0 aliphatic carbocycles. The maximum atomic E-state index is 13.2. The van der Waals surface area contributed by atoms with E-state index in [1.807, 2.05) is 32.1 Å². The lowest BCUT2D eigenvalue weighted by molar-refractivity contribution is 0.467. The van der Waals surface area contributed by atoms with Crippen molar-refractivity contribution in [1.82, 2.24) is 14.5 Å². The third kappa shape index (κ3) is 3.47. The fourth-order valence-electron chi connectivity index (χ4n) is 3.36. The Morgan fingerprint density at radius 3 is 2.43 bits per heavy atom. The Kier molecular flexibility index (Phi) is 4.91. The Bertz CT molecular complexity index is 1370. The SMILES string of the molecule is C#Cc1ccc(-n2c(/C=C/c3cc(C)c(O)c(C)c3)nc3ncccc3c2=O)cc1. The Morgan fingerprint density at radius 2 is 1.77 bits per heavy atom.